The van der Waals surface area contributed by atoms with Crippen molar-refractivity contribution in [2.75, 3.05) is 0 Å². The monoisotopic (exact) mass is 263 g/mol. The summed E-state index contributed by atoms with van der Waals surface area (Å²) in [6.45, 7) is 0. The standard InChI is InChI=1S/C9H4Cl2FNOS/c10-5-2-6(11)7(12)1-4(5)8-3-14-9(15)13-8/h1-3H,(H,13,15). The fourth-order valence-corrected chi connectivity index (χ4v) is 1.78. The Hall–Kier alpha value is -0.840. The third kappa shape index (κ3) is 2.07. The molecule has 6 heteroatoms. The minimum absolute atomic E-state index is 0.0224. The van der Waals surface area contributed by atoms with Crippen LogP contribution >= 0.6 is 35.4 Å². The van der Waals surface area contributed by atoms with Crippen molar-refractivity contribution >= 4 is 35.4 Å². The average Bonchev–Trinajstić information content (AvgIpc) is 2.58. The van der Waals surface area contributed by atoms with Gasteiger partial charge in [-0.15, -0.1) is 0 Å². The van der Waals surface area contributed by atoms with Gasteiger partial charge in [0.25, 0.3) is 4.84 Å². The van der Waals surface area contributed by atoms with Crippen molar-refractivity contribution in [1.82, 2.24) is 4.98 Å². The van der Waals surface area contributed by atoms with Gasteiger partial charge in [-0.05, 0) is 24.4 Å². The number of H-pyrrole nitrogens is 1. The summed E-state index contributed by atoms with van der Waals surface area (Å²) in [5.41, 5.74) is 0.971. The maximum Gasteiger partial charge on any atom is 0.266 e. The number of aromatic amines is 1. The van der Waals surface area contributed by atoms with Crippen LogP contribution in [0.2, 0.25) is 10.0 Å². The fourth-order valence-electron chi connectivity index (χ4n) is 1.14. The molecule has 2 aromatic rings. The van der Waals surface area contributed by atoms with Crippen molar-refractivity contribution in [3.63, 3.8) is 0 Å². The van der Waals surface area contributed by atoms with E-state index in [0.29, 0.717) is 16.3 Å². The predicted octanol–water partition coefficient (Wildman–Crippen LogP) is 4.45. The summed E-state index contributed by atoms with van der Waals surface area (Å²) in [5.74, 6) is -0.545. The molecule has 15 heavy (non-hydrogen) atoms. The third-order valence-corrected chi connectivity index (χ3v) is 2.62. The van der Waals surface area contributed by atoms with Crippen molar-refractivity contribution in [2.45, 2.75) is 0 Å². The third-order valence-electron chi connectivity index (χ3n) is 1.82. The number of rotatable bonds is 1. The van der Waals surface area contributed by atoms with Gasteiger partial charge in [0, 0.05) is 5.56 Å². The molecule has 0 amide bonds. The predicted molar refractivity (Wildman–Crippen MR) is 59.3 cm³/mol. The molecule has 1 N–H and O–H groups in total. The molecule has 0 fully saturated rings. The highest BCUT2D eigenvalue weighted by Crippen LogP contribution is 2.31. The molecule has 0 unspecified atom stereocenters. The molecule has 0 spiro atoms. The molecule has 2 nitrogen and oxygen atoms in total. The Morgan fingerprint density at radius 3 is 2.60 bits per heavy atom. The molecule has 78 valence electrons. The molecular formula is C9H4Cl2FNOS. The van der Waals surface area contributed by atoms with Crippen LogP contribution < -0.4 is 0 Å². The van der Waals surface area contributed by atoms with E-state index >= 15 is 0 Å². The summed E-state index contributed by atoms with van der Waals surface area (Å²) < 4.78 is 18.1. The van der Waals surface area contributed by atoms with Crippen LogP contribution in [0.1, 0.15) is 0 Å². The van der Waals surface area contributed by atoms with Crippen LogP contribution in [-0.4, -0.2) is 4.98 Å². The van der Waals surface area contributed by atoms with Crippen molar-refractivity contribution in [1.29, 1.82) is 0 Å². The summed E-state index contributed by atoms with van der Waals surface area (Å²) >= 11 is 16.2. The first-order valence-electron chi connectivity index (χ1n) is 3.90. The van der Waals surface area contributed by atoms with Gasteiger partial charge in [0.15, 0.2) is 0 Å². The lowest BCUT2D eigenvalue weighted by Gasteiger charge is -2.02. The van der Waals surface area contributed by atoms with Gasteiger partial charge >= 0.3 is 0 Å². The second-order valence-electron chi connectivity index (χ2n) is 2.81. The zero-order valence-corrected chi connectivity index (χ0v) is 9.51. The molecule has 1 aromatic heterocycles. The van der Waals surface area contributed by atoms with E-state index in [4.69, 9.17) is 39.8 Å². The minimum atomic E-state index is -0.545. The summed E-state index contributed by atoms with van der Waals surface area (Å²) in [5, 5.41) is 0.305. The Balaban J connectivity index is 2.63. The Labute approximate surface area is 99.6 Å². The molecule has 0 radical (unpaired) electrons. The van der Waals surface area contributed by atoms with Gasteiger partial charge in [-0.1, -0.05) is 23.2 Å². The number of hydrogen-bond acceptors (Lipinski definition) is 2. The maximum atomic E-state index is 13.2. The Bertz CT molecular complexity index is 563. The first-order chi connectivity index (χ1) is 7.08. The minimum Gasteiger partial charge on any atom is -0.437 e. The van der Waals surface area contributed by atoms with Gasteiger partial charge in [0.1, 0.15) is 12.1 Å². The molecule has 0 bridgehead atoms. The first kappa shape index (κ1) is 10.7. The zero-order valence-electron chi connectivity index (χ0n) is 7.18. The van der Waals surface area contributed by atoms with E-state index in [1.807, 2.05) is 0 Å². The molecule has 0 atom stereocenters. The molecule has 0 saturated heterocycles. The van der Waals surface area contributed by atoms with E-state index in [9.17, 15) is 4.39 Å². The van der Waals surface area contributed by atoms with Crippen molar-refractivity contribution in [2.24, 2.45) is 0 Å². The number of benzene rings is 1. The number of hydrogen-bond donors (Lipinski definition) is 1. The highest BCUT2D eigenvalue weighted by Gasteiger charge is 2.10. The van der Waals surface area contributed by atoms with E-state index in [2.05, 4.69) is 4.98 Å². The van der Waals surface area contributed by atoms with E-state index < -0.39 is 5.82 Å². The normalized spacial score (nSPS) is 10.6. The number of oxazole rings is 1. The van der Waals surface area contributed by atoms with Crippen LogP contribution in [0, 0.1) is 10.7 Å². The maximum absolute atomic E-state index is 13.2. The van der Waals surface area contributed by atoms with E-state index in [0.717, 1.165) is 0 Å². The molecule has 2 rings (SSSR count). The topological polar surface area (TPSA) is 28.9 Å². The summed E-state index contributed by atoms with van der Waals surface area (Å²) in [6, 6.07) is 2.55. The molecule has 0 aliphatic heterocycles. The van der Waals surface area contributed by atoms with Gasteiger partial charge in [-0.3, -0.25) is 0 Å². The van der Waals surface area contributed by atoms with Crippen LogP contribution in [0.5, 0.6) is 0 Å². The lowest BCUT2D eigenvalue weighted by atomic mass is 10.2. The lowest BCUT2D eigenvalue weighted by Crippen LogP contribution is -1.84. The Kier molecular flexibility index (Phi) is 2.82. The lowest BCUT2D eigenvalue weighted by molar-refractivity contribution is 0.541. The van der Waals surface area contributed by atoms with E-state index in [1.54, 1.807) is 0 Å². The smallest absolute Gasteiger partial charge is 0.266 e. The molecule has 1 aromatic carbocycles. The summed E-state index contributed by atoms with van der Waals surface area (Å²) in [4.78, 5) is 2.94. The Morgan fingerprint density at radius 1 is 1.27 bits per heavy atom. The Morgan fingerprint density at radius 2 is 2.00 bits per heavy atom. The van der Waals surface area contributed by atoms with Gasteiger partial charge in [0.2, 0.25) is 0 Å². The quantitative estimate of drug-likeness (QED) is 0.609. The molecule has 0 aliphatic carbocycles. The molecular weight excluding hydrogens is 260 g/mol. The number of aromatic nitrogens is 1. The van der Waals surface area contributed by atoms with Crippen LogP contribution in [0.25, 0.3) is 11.3 Å². The second-order valence-corrected chi connectivity index (χ2v) is 3.99. The second kappa shape index (κ2) is 3.96. The highest BCUT2D eigenvalue weighted by atomic mass is 35.5. The fraction of sp³-hybridized carbons (Fsp3) is 0. The zero-order chi connectivity index (χ0) is 11.0. The van der Waals surface area contributed by atoms with E-state index in [1.165, 1.54) is 18.4 Å². The highest BCUT2D eigenvalue weighted by molar-refractivity contribution is 7.71. The summed E-state index contributed by atoms with van der Waals surface area (Å²) in [7, 11) is 0. The van der Waals surface area contributed by atoms with Crippen LogP contribution in [0.15, 0.2) is 22.8 Å². The van der Waals surface area contributed by atoms with Gasteiger partial charge in [-0.2, -0.15) is 0 Å². The number of nitrogens with one attached hydrogen (secondary N) is 1. The largest absolute Gasteiger partial charge is 0.437 e. The molecule has 0 saturated carbocycles. The van der Waals surface area contributed by atoms with Crippen LogP contribution in [-0.2, 0) is 0 Å². The van der Waals surface area contributed by atoms with Gasteiger partial charge in [-0.25, -0.2) is 4.39 Å². The van der Waals surface area contributed by atoms with Crippen LogP contribution in [0.3, 0.4) is 0 Å². The van der Waals surface area contributed by atoms with Crippen molar-refractivity contribution in [3.8, 4) is 11.3 Å². The SMILES string of the molecule is Fc1cc(-c2coc(=S)[nH]2)c(Cl)cc1Cl. The first-order valence-corrected chi connectivity index (χ1v) is 5.07. The number of halogens is 3. The van der Waals surface area contributed by atoms with Gasteiger partial charge < -0.3 is 9.40 Å². The molecule has 0 aliphatic rings. The average molecular weight is 264 g/mol. The van der Waals surface area contributed by atoms with Crippen molar-refractivity contribution < 1.29 is 8.81 Å². The molecule has 1 heterocycles. The van der Waals surface area contributed by atoms with Crippen molar-refractivity contribution in [3.05, 3.63) is 39.1 Å². The van der Waals surface area contributed by atoms with Crippen LogP contribution in [0.4, 0.5) is 4.39 Å². The van der Waals surface area contributed by atoms with Gasteiger partial charge in [0.05, 0.1) is 15.7 Å². The summed E-state index contributed by atoms with van der Waals surface area (Å²) in [6.07, 6.45) is 1.37. The van der Waals surface area contributed by atoms with E-state index in [-0.39, 0.29) is 9.86 Å².